The third kappa shape index (κ3) is 4.88. The number of ether oxygens (including phenoxy) is 2. The quantitative estimate of drug-likeness (QED) is 0.352. The van der Waals surface area contributed by atoms with Crippen molar-refractivity contribution in [3.05, 3.63) is 88.7 Å². The van der Waals surface area contributed by atoms with E-state index in [1.54, 1.807) is 6.08 Å². The van der Waals surface area contributed by atoms with Crippen LogP contribution in [0.4, 0.5) is 0 Å². The molecule has 1 aromatic heterocycles. The van der Waals surface area contributed by atoms with E-state index in [0.717, 1.165) is 22.2 Å². The summed E-state index contributed by atoms with van der Waals surface area (Å²) in [5.41, 5.74) is 3.93. The first-order valence-electron chi connectivity index (χ1n) is 9.87. The molecule has 0 amide bonds. The predicted octanol–water partition coefficient (Wildman–Crippen LogP) is 6.26. The fraction of sp³-hybridized carbons (Fsp3) is 0.120. The summed E-state index contributed by atoms with van der Waals surface area (Å²) in [6, 6.07) is 23.0. The highest BCUT2D eigenvalue weighted by molar-refractivity contribution is 6.30. The predicted molar refractivity (Wildman–Crippen MR) is 123 cm³/mol. The monoisotopic (exact) mass is 429 g/mol. The highest BCUT2D eigenvalue weighted by Gasteiger charge is 2.10. The van der Waals surface area contributed by atoms with Gasteiger partial charge in [0, 0.05) is 5.02 Å². The smallest absolute Gasteiger partial charge is 0.161 e. The van der Waals surface area contributed by atoms with E-state index < -0.39 is 0 Å². The summed E-state index contributed by atoms with van der Waals surface area (Å²) in [7, 11) is 0. The largest absolute Gasteiger partial charge is 0.490 e. The average molecular weight is 430 g/mol. The summed E-state index contributed by atoms with van der Waals surface area (Å²) < 4.78 is 11.7. The summed E-state index contributed by atoms with van der Waals surface area (Å²) in [6.45, 7) is 2.78. The van der Waals surface area contributed by atoms with Crippen LogP contribution in [0.15, 0.2) is 66.7 Å². The number of nitriles is 1. The molecule has 6 heteroatoms. The first-order valence-corrected chi connectivity index (χ1v) is 10.2. The van der Waals surface area contributed by atoms with Crippen LogP contribution < -0.4 is 9.47 Å². The van der Waals surface area contributed by atoms with E-state index in [1.807, 2.05) is 73.7 Å². The van der Waals surface area contributed by atoms with E-state index >= 15 is 0 Å². The molecule has 3 aromatic carbocycles. The molecular formula is C25H20ClN3O2. The number of para-hydroxylation sites is 2. The van der Waals surface area contributed by atoms with Crippen molar-refractivity contribution in [2.24, 2.45) is 0 Å². The second-order valence-corrected chi connectivity index (χ2v) is 7.27. The van der Waals surface area contributed by atoms with E-state index in [-0.39, 0.29) is 0 Å². The fourth-order valence-corrected chi connectivity index (χ4v) is 3.40. The number of fused-ring (bicyclic) bond motifs is 1. The molecule has 0 saturated heterocycles. The molecule has 0 aliphatic carbocycles. The van der Waals surface area contributed by atoms with Gasteiger partial charge in [0.05, 0.1) is 23.2 Å². The number of halogens is 1. The maximum Gasteiger partial charge on any atom is 0.161 e. The Hall–Kier alpha value is -3.75. The molecular weight excluding hydrogens is 410 g/mol. The van der Waals surface area contributed by atoms with Crippen LogP contribution >= 0.6 is 11.6 Å². The molecule has 0 atom stereocenters. The normalized spacial score (nSPS) is 11.3. The van der Waals surface area contributed by atoms with Gasteiger partial charge in [0.25, 0.3) is 0 Å². The number of hydrogen-bond donors (Lipinski definition) is 1. The summed E-state index contributed by atoms with van der Waals surface area (Å²) in [6.07, 6.45) is 1.78. The number of imidazole rings is 1. The summed E-state index contributed by atoms with van der Waals surface area (Å²) >= 11 is 6.05. The molecule has 0 aliphatic rings. The summed E-state index contributed by atoms with van der Waals surface area (Å²) in [5.74, 6) is 1.77. The zero-order chi connectivity index (χ0) is 21.6. The number of hydrogen-bond acceptors (Lipinski definition) is 4. The molecule has 4 aromatic rings. The maximum absolute atomic E-state index is 9.68. The summed E-state index contributed by atoms with van der Waals surface area (Å²) in [5, 5.41) is 10.3. The van der Waals surface area contributed by atoms with Crippen LogP contribution in [-0.4, -0.2) is 16.6 Å². The molecule has 31 heavy (non-hydrogen) atoms. The Kier molecular flexibility index (Phi) is 6.21. The van der Waals surface area contributed by atoms with Gasteiger partial charge in [0.2, 0.25) is 0 Å². The molecule has 0 radical (unpaired) electrons. The Balaban J connectivity index is 1.60. The van der Waals surface area contributed by atoms with Crippen molar-refractivity contribution in [2.75, 3.05) is 6.61 Å². The third-order valence-corrected chi connectivity index (χ3v) is 4.86. The summed E-state index contributed by atoms with van der Waals surface area (Å²) in [4.78, 5) is 7.71. The second kappa shape index (κ2) is 9.38. The Labute approximate surface area is 185 Å². The molecule has 5 nitrogen and oxygen atoms in total. The van der Waals surface area contributed by atoms with Crippen LogP contribution in [-0.2, 0) is 6.61 Å². The SMILES string of the molecule is CCOc1cc(C=C(C#N)c2nc3ccccc3[nH]2)ccc1OCc1cccc(Cl)c1. The van der Waals surface area contributed by atoms with Crippen molar-refractivity contribution >= 4 is 34.3 Å². The van der Waals surface area contributed by atoms with E-state index in [2.05, 4.69) is 16.0 Å². The van der Waals surface area contributed by atoms with Gasteiger partial charge in [-0.15, -0.1) is 0 Å². The lowest BCUT2D eigenvalue weighted by Gasteiger charge is -2.13. The Morgan fingerprint density at radius 2 is 1.94 bits per heavy atom. The number of aromatic nitrogens is 2. The van der Waals surface area contributed by atoms with E-state index in [4.69, 9.17) is 21.1 Å². The van der Waals surface area contributed by atoms with Crippen molar-refractivity contribution in [1.82, 2.24) is 9.97 Å². The lowest BCUT2D eigenvalue weighted by atomic mass is 10.1. The van der Waals surface area contributed by atoms with Gasteiger partial charge in [0.1, 0.15) is 18.5 Å². The number of rotatable bonds is 7. The zero-order valence-corrected chi connectivity index (χ0v) is 17.7. The fourth-order valence-electron chi connectivity index (χ4n) is 3.19. The van der Waals surface area contributed by atoms with Crippen molar-refractivity contribution < 1.29 is 9.47 Å². The van der Waals surface area contributed by atoms with Gasteiger partial charge < -0.3 is 14.5 Å². The molecule has 0 bridgehead atoms. The van der Waals surface area contributed by atoms with Crippen molar-refractivity contribution in [3.63, 3.8) is 0 Å². The number of benzene rings is 3. The molecule has 154 valence electrons. The van der Waals surface area contributed by atoms with E-state index in [0.29, 0.717) is 41.1 Å². The minimum absolute atomic E-state index is 0.373. The molecule has 0 saturated carbocycles. The van der Waals surface area contributed by atoms with Gasteiger partial charge in [-0.25, -0.2) is 4.98 Å². The standard InChI is InChI=1S/C25H20ClN3O2/c1-2-30-24-14-17(10-11-23(24)31-16-18-6-5-7-20(26)13-18)12-19(15-27)25-28-21-8-3-4-9-22(21)29-25/h3-14H,2,16H2,1H3,(H,28,29). The topological polar surface area (TPSA) is 70.9 Å². The van der Waals surface area contributed by atoms with Crippen LogP contribution in [0.25, 0.3) is 22.7 Å². The van der Waals surface area contributed by atoms with Crippen LogP contribution in [0, 0.1) is 11.3 Å². The van der Waals surface area contributed by atoms with Crippen molar-refractivity contribution in [3.8, 4) is 17.6 Å². The molecule has 0 aliphatic heterocycles. The van der Waals surface area contributed by atoms with E-state index in [9.17, 15) is 5.26 Å². The number of nitrogens with zero attached hydrogens (tertiary/aromatic N) is 2. The number of nitrogens with one attached hydrogen (secondary N) is 1. The number of allylic oxidation sites excluding steroid dienone is 1. The maximum atomic E-state index is 9.68. The lowest BCUT2D eigenvalue weighted by Crippen LogP contribution is -2.00. The molecule has 0 fully saturated rings. The minimum atomic E-state index is 0.373. The lowest BCUT2D eigenvalue weighted by molar-refractivity contribution is 0.269. The number of aromatic amines is 1. The van der Waals surface area contributed by atoms with Crippen molar-refractivity contribution in [1.29, 1.82) is 5.26 Å². The van der Waals surface area contributed by atoms with Crippen LogP contribution in [0.3, 0.4) is 0 Å². The van der Waals surface area contributed by atoms with Crippen LogP contribution in [0.5, 0.6) is 11.5 Å². The first-order chi connectivity index (χ1) is 15.2. The molecule has 1 N–H and O–H groups in total. The Morgan fingerprint density at radius 1 is 1.06 bits per heavy atom. The van der Waals surface area contributed by atoms with E-state index in [1.165, 1.54) is 0 Å². The van der Waals surface area contributed by atoms with Gasteiger partial charge in [-0.3, -0.25) is 0 Å². The van der Waals surface area contributed by atoms with Crippen molar-refractivity contribution in [2.45, 2.75) is 13.5 Å². The van der Waals surface area contributed by atoms with Crippen LogP contribution in [0.1, 0.15) is 23.9 Å². The molecule has 4 rings (SSSR count). The van der Waals surface area contributed by atoms with Gasteiger partial charge in [0.15, 0.2) is 11.5 Å². The van der Waals surface area contributed by atoms with Crippen LogP contribution in [0.2, 0.25) is 5.02 Å². The van der Waals surface area contributed by atoms with Gasteiger partial charge in [-0.05, 0) is 60.5 Å². The van der Waals surface area contributed by atoms with Gasteiger partial charge in [-0.2, -0.15) is 5.26 Å². The van der Waals surface area contributed by atoms with Gasteiger partial charge >= 0.3 is 0 Å². The first kappa shape index (κ1) is 20.5. The zero-order valence-electron chi connectivity index (χ0n) is 16.9. The highest BCUT2D eigenvalue weighted by atomic mass is 35.5. The Morgan fingerprint density at radius 3 is 2.71 bits per heavy atom. The van der Waals surface area contributed by atoms with Gasteiger partial charge in [-0.1, -0.05) is 41.9 Å². The average Bonchev–Trinajstić information content (AvgIpc) is 3.21. The second-order valence-electron chi connectivity index (χ2n) is 6.83. The molecule has 1 heterocycles. The highest BCUT2D eigenvalue weighted by Crippen LogP contribution is 2.31. The molecule has 0 unspecified atom stereocenters. The minimum Gasteiger partial charge on any atom is -0.490 e. The number of H-pyrrole nitrogens is 1. The Bertz CT molecular complexity index is 1250. The molecule has 0 spiro atoms. The third-order valence-electron chi connectivity index (χ3n) is 4.63.